The summed E-state index contributed by atoms with van der Waals surface area (Å²) >= 11 is 6.12. The minimum absolute atomic E-state index is 0.0651. The van der Waals surface area contributed by atoms with Gasteiger partial charge in [-0.05, 0) is 29.7 Å². The van der Waals surface area contributed by atoms with Crippen molar-refractivity contribution in [1.82, 2.24) is 4.31 Å². The van der Waals surface area contributed by atoms with Crippen LogP contribution in [0.3, 0.4) is 0 Å². The maximum absolute atomic E-state index is 12.3. The first kappa shape index (κ1) is 20.4. The number of amides is 1. The summed E-state index contributed by atoms with van der Waals surface area (Å²) in [5.74, 6) is -0.223. The van der Waals surface area contributed by atoms with Crippen LogP contribution < -0.4 is 5.32 Å². The van der Waals surface area contributed by atoms with E-state index in [9.17, 15) is 13.2 Å². The molecule has 0 heterocycles. The van der Waals surface area contributed by atoms with E-state index in [2.05, 4.69) is 5.32 Å². The number of hydrogen-bond acceptors (Lipinski definition) is 3. The van der Waals surface area contributed by atoms with Gasteiger partial charge in [0, 0.05) is 30.2 Å². The maximum Gasteiger partial charge on any atom is 0.225 e. The molecule has 0 aliphatic rings. The zero-order valence-corrected chi connectivity index (χ0v) is 16.5. The highest BCUT2D eigenvalue weighted by atomic mass is 35.5. The van der Waals surface area contributed by atoms with Crippen molar-refractivity contribution in [3.8, 4) is 0 Å². The molecule has 0 aromatic heterocycles. The highest BCUT2D eigenvalue weighted by Crippen LogP contribution is 2.19. The van der Waals surface area contributed by atoms with Crippen molar-refractivity contribution in [2.45, 2.75) is 26.3 Å². The Morgan fingerprint density at radius 1 is 1.08 bits per heavy atom. The molecule has 0 radical (unpaired) electrons. The van der Waals surface area contributed by atoms with E-state index in [1.807, 2.05) is 31.2 Å². The first-order chi connectivity index (χ1) is 12.3. The van der Waals surface area contributed by atoms with E-state index in [4.69, 9.17) is 11.6 Å². The molecule has 5 nitrogen and oxygen atoms in total. The van der Waals surface area contributed by atoms with Gasteiger partial charge in [0.15, 0.2) is 0 Å². The van der Waals surface area contributed by atoms with Crippen LogP contribution in [0.5, 0.6) is 0 Å². The van der Waals surface area contributed by atoms with Crippen LogP contribution in [0.4, 0.5) is 5.69 Å². The standard InChI is InChI=1S/C19H23ClN2O3S/c1-3-15-8-5-7-11-18(15)21-19(23)12-13-22(26(2,24)25)14-16-9-4-6-10-17(16)20/h4-11H,3,12-14H2,1-2H3,(H,21,23). The summed E-state index contributed by atoms with van der Waals surface area (Å²) in [7, 11) is -3.47. The van der Waals surface area contributed by atoms with Crippen molar-refractivity contribution in [2.75, 3.05) is 18.1 Å². The molecule has 0 aliphatic heterocycles. The summed E-state index contributed by atoms with van der Waals surface area (Å²) in [5.41, 5.74) is 2.50. The Balaban J connectivity index is 2.03. The topological polar surface area (TPSA) is 66.5 Å². The van der Waals surface area contributed by atoms with Crippen molar-refractivity contribution in [2.24, 2.45) is 0 Å². The Morgan fingerprint density at radius 3 is 2.31 bits per heavy atom. The maximum atomic E-state index is 12.3. The zero-order valence-electron chi connectivity index (χ0n) is 14.9. The molecule has 2 aromatic rings. The first-order valence-electron chi connectivity index (χ1n) is 8.37. The number of para-hydroxylation sites is 1. The average Bonchev–Trinajstić information content (AvgIpc) is 2.59. The van der Waals surface area contributed by atoms with Crippen LogP contribution in [0.1, 0.15) is 24.5 Å². The fraction of sp³-hybridized carbons (Fsp3) is 0.316. The quantitative estimate of drug-likeness (QED) is 0.742. The fourth-order valence-corrected chi connectivity index (χ4v) is 3.56. The molecule has 0 bridgehead atoms. The van der Waals surface area contributed by atoms with Crippen LogP contribution in [-0.2, 0) is 27.8 Å². The predicted molar refractivity (Wildman–Crippen MR) is 106 cm³/mol. The molecule has 1 N–H and O–H groups in total. The summed E-state index contributed by atoms with van der Waals surface area (Å²) in [6, 6.07) is 14.7. The summed E-state index contributed by atoms with van der Waals surface area (Å²) in [6.07, 6.45) is 2.00. The smallest absolute Gasteiger partial charge is 0.225 e. The third kappa shape index (κ3) is 5.83. The number of halogens is 1. The number of anilines is 1. The van der Waals surface area contributed by atoms with Gasteiger partial charge >= 0.3 is 0 Å². The Bertz CT molecular complexity index is 869. The minimum atomic E-state index is -3.47. The van der Waals surface area contributed by atoms with E-state index in [0.717, 1.165) is 23.9 Å². The van der Waals surface area contributed by atoms with Gasteiger partial charge in [0.1, 0.15) is 0 Å². The molecule has 0 aliphatic carbocycles. The molecule has 0 saturated carbocycles. The van der Waals surface area contributed by atoms with Gasteiger partial charge in [0.2, 0.25) is 15.9 Å². The summed E-state index contributed by atoms with van der Waals surface area (Å²) < 4.78 is 25.4. The van der Waals surface area contributed by atoms with Crippen molar-refractivity contribution >= 4 is 33.2 Å². The van der Waals surface area contributed by atoms with Crippen molar-refractivity contribution in [1.29, 1.82) is 0 Å². The van der Waals surface area contributed by atoms with Gasteiger partial charge in [-0.25, -0.2) is 8.42 Å². The molecule has 7 heteroatoms. The van der Waals surface area contributed by atoms with Crippen molar-refractivity contribution < 1.29 is 13.2 Å². The lowest BCUT2D eigenvalue weighted by Gasteiger charge is -2.20. The third-order valence-electron chi connectivity index (χ3n) is 4.03. The summed E-state index contributed by atoms with van der Waals surface area (Å²) in [4.78, 5) is 12.3. The Morgan fingerprint density at radius 2 is 1.69 bits per heavy atom. The lowest BCUT2D eigenvalue weighted by atomic mass is 10.1. The molecule has 2 aromatic carbocycles. The highest BCUT2D eigenvalue weighted by molar-refractivity contribution is 7.88. The minimum Gasteiger partial charge on any atom is -0.326 e. The van der Waals surface area contributed by atoms with E-state index < -0.39 is 10.0 Å². The second kappa shape index (κ2) is 9.16. The van der Waals surface area contributed by atoms with Gasteiger partial charge < -0.3 is 5.32 Å². The molecule has 2 rings (SSSR count). The van der Waals surface area contributed by atoms with Gasteiger partial charge in [-0.1, -0.05) is 54.9 Å². The second-order valence-electron chi connectivity index (χ2n) is 6.00. The van der Waals surface area contributed by atoms with Gasteiger partial charge in [0.05, 0.1) is 6.26 Å². The normalized spacial score (nSPS) is 11.5. The molecule has 26 heavy (non-hydrogen) atoms. The SMILES string of the molecule is CCc1ccccc1NC(=O)CCN(Cc1ccccc1Cl)S(C)(=O)=O. The average molecular weight is 395 g/mol. The molecule has 0 unspecified atom stereocenters. The monoisotopic (exact) mass is 394 g/mol. The molecule has 0 atom stereocenters. The van der Waals surface area contributed by atoms with Crippen molar-refractivity contribution in [3.63, 3.8) is 0 Å². The lowest BCUT2D eigenvalue weighted by molar-refractivity contribution is -0.116. The number of nitrogens with one attached hydrogen (secondary N) is 1. The van der Waals surface area contributed by atoms with Crippen LogP contribution in [0.15, 0.2) is 48.5 Å². The van der Waals surface area contributed by atoms with Crippen LogP contribution in [0, 0.1) is 0 Å². The molecular weight excluding hydrogens is 372 g/mol. The van der Waals surface area contributed by atoms with Crippen molar-refractivity contribution in [3.05, 3.63) is 64.7 Å². The number of carbonyl (C=O) groups is 1. The second-order valence-corrected chi connectivity index (χ2v) is 8.39. The van der Waals surface area contributed by atoms with Gasteiger partial charge in [0.25, 0.3) is 0 Å². The summed E-state index contributed by atoms with van der Waals surface area (Å²) in [6.45, 7) is 2.24. The summed E-state index contributed by atoms with van der Waals surface area (Å²) in [5, 5.41) is 3.36. The molecule has 1 amide bonds. The number of rotatable bonds is 8. The number of aryl methyl sites for hydroxylation is 1. The first-order valence-corrected chi connectivity index (χ1v) is 10.6. The highest BCUT2D eigenvalue weighted by Gasteiger charge is 2.19. The molecule has 140 valence electrons. The fourth-order valence-electron chi connectivity index (χ4n) is 2.57. The van der Waals surface area contributed by atoms with E-state index in [1.54, 1.807) is 24.3 Å². The Hall–Kier alpha value is -1.89. The van der Waals surface area contributed by atoms with E-state index in [-0.39, 0.29) is 25.4 Å². The zero-order chi connectivity index (χ0) is 19.2. The van der Waals surface area contributed by atoms with Crippen LogP contribution >= 0.6 is 11.6 Å². The molecule has 0 spiro atoms. The number of hydrogen-bond donors (Lipinski definition) is 1. The van der Waals surface area contributed by atoms with Crippen LogP contribution in [0.25, 0.3) is 0 Å². The number of sulfonamides is 1. The number of carbonyl (C=O) groups excluding carboxylic acids is 1. The largest absolute Gasteiger partial charge is 0.326 e. The molecule has 0 fully saturated rings. The number of nitrogens with zero attached hydrogens (tertiary/aromatic N) is 1. The predicted octanol–water partition coefficient (Wildman–Crippen LogP) is 3.69. The van der Waals surface area contributed by atoms with E-state index in [1.165, 1.54) is 4.31 Å². The number of benzene rings is 2. The van der Waals surface area contributed by atoms with Crippen LogP contribution in [0.2, 0.25) is 5.02 Å². The molecule has 0 saturated heterocycles. The Kier molecular flexibility index (Phi) is 7.20. The lowest BCUT2D eigenvalue weighted by Crippen LogP contribution is -2.32. The van der Waals surface area contributed by atoms with E-state index >= 15 is 0 Å². The van der Waals surface area contributed by atoms with E-state index in [0.29, 0.717) is 10.6 Å². The van der Waals surface area contributed by atoms with Gasteiger partial charge in [-0.2, -0.15) is 4.31 Å². The van der Waals surface area contributed by atoms with Gasteiger partial charge in [-0.3, -0.25) is 4.79 Å². The Labute approximate surface area is 160 Å². The third-order valence-corrected chi connectivity index (χ3v) is 5.65. The molecular formula is C19H23ClN2O3S. The van der Waals surface area contributed by atoms with Gasteiger partial charge in [-0.15, -0.1) is 0 Å². The van der Waals surface area contributed by atoms with Crippen LogP contribution in [-0.4, -0.2) is 31.4 Å².